The van der Waals surface area contributed by atoms with Gasteiger partial charge in [0, 0.05) is 26.6 Å². The van der Waals surface area contributed by atoms with Crippen LogP contribution >= 0.6 is 23.2 Å². The second-order valence-corrected chi connectivity index (χ2v) is 5.22. The quantitative estimate of drug-likeness (QED) is 0.917. The van der Waals surface area contributed by atoms with Crippen molar-refractivity contribution in [1.29, 1.82) is 0 Å². The lowest BCUT2D eigenvalue weighted by molar-refractivity contribution is -0.119. The Labute approximate surface area is 121 Å². The summed E-state index contributed by atoms with van der Waals surface area (Å²) >= 11 is 11.5. The summed E-state index contributed by atoms with van der Waals surface area (Å²) in [5.74, 6) is 1.02. The minimum atomic E-state index is 0.0125. The number of carbonyl (C=O) groups excluding carboxylic acids is 1. The van der Waals surface area contributed by atoms with Gasteiger partial charge in [-0.2, -0.15) is 15.0 Å². The van der Waals surface area contributed by atoms with Crippen molar-refractivity contribution in [3.05, 3.63) is 10.6 Å². The van der Waals surface area contributed by atoms with Crippen molar-refractivity contribution in [2.24, 2.45) is 5.92 Å². The van der Waals surface area contributed by atoms with Crippen LogP contribution in [0.1, 0.15) is 19.8 Å². The summed E-state index contributed by atoms with van der Waals surface area (Å²) in [5.41, 5.74) is 0. The fourth-order valence-electron chi connectivity index (χ4n) is 2.08. The summed E-state index contributed by atoms with van der Waals surface area (Å²) in [4.78, 5) is 24.8. The molecular weight excluding hydrogens is 289 g/mol. The van der Waals surface area contributed by atoms with E-state index in [2.05, 4.69) is 20.3 Å². The van der Waals surface area contributed by atoms with Crippen molar-refractivity contribution in [3.8, 4) is 0 Å². The maximum absolute atomic E-state index is 10.9. The lowest BCUT2D eigenvalue weighted by Crippen LogP contribution is -2.39. The lowest BCUT2D eigenvalue weighted by atomic mass is 9.97. The molecule has 0 bridgehead atoms. The average Bonchev–Trinajstić information content (AvgIpc) is 2.36. The van der Waals surface area contributed by atoms with E-state index in [0.717, 1.165) is 32.5 Å². The molecule has 0 saturated carbocycles. The molecule has 8 heteroatoms. The van der Waals surface area contributed by atoms with Crippen LogP contribution < -0.4 is 10.2 Å². The number of piperidine rings is 1. The van der Waals surface area contributed by atoms with Gasteiger partial charge < -0.3 is 10.2 Å². The maximum atomic E-state index is 10.9. The number of nitrogens with one attached hydrogen (secondary N) is 1. The molecule has 19 heavy (non-hydrogen) atoms. The molecule has 0 radical (unpaired) electrons. The normalized spacial score (nSPS) is 16.5. The Balaban J connectivity index is 1.90. The van der Waals surface area contributed by atoms with E-state index in [9.17, 15) is 4.79 Å². The van der Waals surface area contributed by atoms with Crippen LogP contribution in [0, 0.1) is 5.92 Å². The van der Waals surface area contributed by atoms with Gasteiger partial charge in [-0.15, -0.1) is 0 Å². The molecule has 1 aliphatic rings. The van der Waals surface area contributed by atoms with Crippen molar-refractivity contribution in [1.82, 2.24) is 20.3 Å². The Kier molecular flexibility index (Phi) is 4.76. The number of hydrogen-bond donors (Lipinski definition) is 1. The molecule has 6 nitrogen and oxygen atoms in total. The van der Waals surface area contributed by atoms with E-state index in [-0.39, 0.29) is 16.5 Å². The molecule has 1 fully saturated rings. The van der Waals surface area contributed by atoms with Crippen molar-refractivity contribution < 1.29 is 4.79 Å². The van der Waals surface area contributed by atoms with Gasteiger partial charge in [0.25, 0.3) is 0 Å². The van der Waals surface area contributed by atoms with E-state index in [1.165, 1.54) is 6.92 Å². The summed E-state index contributed by atoms with van der Waals surface area (Å²) in [7, 11) is 0. The standard InChI is InChI=1S/C11H15Cl2N5O/c1-7(19)14-6-8-2-4-18(5-3-8)11-16-9(12)15-10(13)17-11/h8H,2-6H2,1H3,(H,14,19). The fraction of sp³-hybridized carbons (Fsp3) is 0.636. The van der Waals surface area contributed by atoms with Crippen LogP contribution in [0.4, 0.5) is 5.95 Å². The van der Waals surface area contributed by atoms with Gasteiger partial charge in [0.2, 0.25) is 22.4 Å². The van der Waals surface area contributed by atoms with Crippen molar-refractivity contribution >= 4 is 35.1 Å². The number of nitrogens with zero attached hydrogens (tertiary/aromatic N) is 4. The van der Waals surface area contributed by atoms with Crippen LogP contribution in [0.15, 0.2) is 0 Å². The predicted octanol–water partition coefficient (Wildman–Crippen LogP) is 1.53. The number of halogens is 2. The molecule has 1 N–H and O–H groups in total. The highest BCUT2D eigenvalue weighted by Crippen LogP contribution is 2.21. The minimum absolute atomic E-state index is 0.0125. The van der Waals surface area contributed by atoms with Gasteiger partial charge >= 0.3 is 0 Å². The van der Waals surface area contributed by atoms with Crippen LogP contribution in [0.5, 0.6) is 0 Å². The Morgan fingerprint density at radius 1 is 1.26 bits per heavy atom. The first-order chi connectivity index (χ1) is 9.04. The van der Waals surface area contributed by atoms with Crippen LogP contribution in [0.2, 0.25) is 10.6 Å². The summed E-state index contributed by atoms with van der Waals surface area (Å²) in [6.07, 6.45) is 1.95. The zero-order chi connectivity index (χ0) is 13.8. The van der Waals surface area contributed by atoms with E-state index < -0.39 is 0 Å². The molecule has 104 valence electrons. The first-order valence-electron chi connectivity index (χ1n) is 6.11. The first kappa shape index (κ1) is 14.3. The molecule has 1 aromatic heterocycles. The fourth-order valence-corrected chi connectivity index (χ4v) is 2.44. The summed E-state index contributed by atoms with van der Waals surface area (Å²) < 4.78 is 0. The Hall–Kier alpha value is -1.14. The van der Waals surface area contributed by atoms with Crippen LogP contribution in [0.25, 0.3) is 0 Å². The zero-order valence-electron chi connectivity index (χ0n) is 10.6. The number of hydrogen-bond acceptors (Lipinski definition) is 5. The van der Waals surface area contributed by atoms with Gasteiger partial charge in [0.15, 0.2) is 0 Å². The van der Waals surface area contributed by atoms with E-state index in [1.54, 1.807) is 0 Å². The van der Waals surface area contributed by atoms with Crippen LogP contribution in [-0.4, -0.2) is 40.5 Å². The molecule has 2 heterocycles. The molecule has 1 aromatic rings. The Morgan fingerprint density at radius 2 is 1.84 bits per heavy atom. The van der Waals surface area contributed by atoms with Gasteiger partial charge in [-0.1, -0.05) is 0 Å². The van der Waals surface area contributed by atoms with Gasteiger partial charge in [0.1, 0.15) is 0 Å². The third-order valence-electron chi connectivity index (χ3n) is 3.11. The monoisotopic (exact) mass is 303 g/mol. The molecule has 0 aromatic carbocycles. The SMILES string of the molecule is CC(=O)NCC1CCN(c2nc(Cl)nc(Cl)n2)CC1. The number of rotatable bonds is 3. The predicted molar refractivity (Wildman–Crippen MR) is 73.5 cm³/mol. The second-order valence-electron chi connectivity index (χ2n) is 4.54. The van der Waals surface area contributed by atoms with Gasteiger partial charge in [-0.3, -0.25) is 4.79 Å². The Morgan fingerprint density at radius 3 is 2.37 bits per heavy atom. The van der Waals surface area contributed by atoms with E-state index in [1.807, 2.05) is 4.90 Å². The molecule has 1 saturated heterocycles. The van der Waals surface area contributed by atoms with E-state index in [0.29, 0.717) is 11.9 Å². The molecule has 0 atom stereocenters. The van der Waals surface area contributed by atoms with Crippen LogP contribution in [0.3, 0.4) is 0 Å². The zero-order valence-corrected chi connectivity index (χ0v) is 12.1. The molecule has 0 aliphatic carbocycles. The van der Waals surface area contributed by atoms with Crippen molar-refractivity contribution in [2.75, 3.05) is 24.5 Å². The van der Waals surface area contributed by atoms with E-state index in [4.69, 9.17) is 23.2 Å². The van der Waals surface area contributed by atoms with Gasteiger partial charge in [-0.05, 0) is 42.0 Å². The van der Waals surface area contributed by atoms with E-state index >= 15 is 0 Å². The third-order valence-corrected chi connectivity index (χ3v) is 3.44. The minimum Gasteiger partial charge on any atom is -0.356 e. The Bertz CT molecular complexity index is 442. The smallest absolute Gasteiger partial charge is 0.230 e. The van der Waals surface area contributed by atoms with Gasteiger partial charge in [0.05, 0.1) is 0 Å². The second kappa shape index (κ2) is 6.34. The van der Waals surface area contributed by atoms with Crippen molar-refractivity contribution in [2.45, 2.75) is 19.8 Å². The number of anilines is 1. The third kappa shape index (κ3) is 4.18. The summed E-state index contributed by atoms with van der Waals surface area (Å²) in [5, 5.41) is 3.06. The molecule has 0 unspecified atom stereocenters. The molecular formula is C11H15Cl2N5O. The molecule has 1 aliphatic heterocycles. The van der Waals surface area contributed by atoms with Gasteiger partial charge in [-0.25, -0.2) is 0 Å². The molecule has 2 rings (SSSR count). The number of carbonyl (C=O) groups is 1. The summed E-state index contributed by atoms with van der Waals surface area (Å²) in [6.45, 7) is 3.90. The first-order valence-corrected chi connectivity index (χ1v) is 6.86. The highest BCUT2D eigenvalue weighted by molar-refractivity contribution is 6.31. The molecule has 0 spiro atoms. The topological polar surface area (TPSA) is 71.0 Å². The number of aromatic nitrogens is 3. The maximum Gasteiger partial charge on any atom is 0.230 e. The molecule has 1 amide bonds. The lowest BCUT2D eigenvalue weighted by Gasteiger charge is -2.31. The van der Waals surface area contributed by atoms with Crippen LogP contribution in [-0.2, 0) is 4.79 Å². The largest absolute Gasteiger partial charge is 0.356 e. The summed E-state index contributed by atoms with van der Waals surface area (Å²) in [6, 6.07) is 0. The number of amides is 1. The highest BCUT2D eigenvalue weighted by Gasteiger charge is 2.21. The average molecular weight is 304 g/mol. The van der Waals surface area contributed by atoms with Crippen molar-refractivity contribution in [3.63, 3.8) is 0 Å². The highest BCUT2D eigenvalue weighted by atomic mass is 35.5.